The van der Waals surface area contributed by atoms with Gasteiger partial charge in [-0.3, -0.25) is 4.79 Å². The lowest BCUT2D eigenvalue weighted by molar-refractivity contribution is 0.0722. The smallest absolute Gasteiger partial charge is 0.292 e. The lowest BCUT2D eigenvalue weighted by atomic mass is 10.0. The van der Waals surface area contributed by atoms with Crippen molar-refractivity contribution in [1.82, 2.24) is 10.1 Å². The van der Waals surface area contributed by atoms with E-state index in [0.29, 0.717) is 29.4 Å². The van der Waals surface area contributed by atoms with Crippen LogP contribution in [-0.4, -0.2) is 34.2 Å². The van der Waals surface area contributed by atoms with Gasteiger partial charge in [-0.05, 0) is 32.9 Å². The summed E-state index contributed by atoms with van der Waals surface area (Å²) >= 11 is 5.88. The minimum atomic E-state index is -0.869. The SMILES string of the molecule is CCN(CC)C(=O)c1onc(-c2ccc(Cl)cc2)c1[C@H](C)O. The minimum absolute atomic E-state index is 0.0867. The predicted octanol–water partition coefficient (Wildman–Crippen LogP) is 3.53. The molecule has 0 aliphatic rings. The van der Waals surface area contributed by atoms with E-state index in [4.69, 9.17) is 16.1 Å². The zero-order valence-electron chi connectivity index (χ0n) is 12.8. The number of benzene rings is 1. The third kappa shape index (κ3) is 3.15. The molecular formula is C16H19ClN2O3. The van der Waals surface area contributed by atoms with Crippen LogP contribution in [0.1, 0.15) is 43.0 Å². The van der Waals surface area contributed by atoms with Crippen molar-refractivity contribution in [2.75, 3.05) is 13.1 Å². The van der Waals surface area contributed by atoms with E-state index >= 15 is 0 Å². The number of aliphatic hydroxyl groups excluding tert-OH is 1. The number of amides is 1. The van der Waals surface area contributed by atoms with Gasteiger partial charge in [0, 0.05) is 23.7 Å². The Hall–Kier alpha value is -1.85. The van der Waals surface area contributed by atoms with Gasteiger partial charge in [0.25, 0.3) is 5.91 Å². The minimum Gasteiger partial charge on any atom is -0.388 e. The van der Waals surface area contributed by atoms with Crippen molar-refractivity contribution in [3.05, 3.63) is 40.6 Å². The van der Waals surface area contributed by atoms with Crippen LogP contribution >= 0.6 is 11.6 Å². The fourth-order valence-corrected chi connectivity index (χ4v) is 2.44. The van der Waals surface area contributed by atoms with Gasteiger partial charge in [-0.25, -0.2) is 0 Å². The number of rotatable bonds is 5. The van der Waals surface area contributed by atoms with Gasteiger partial charge in [0.2, 0.25) is 5.76 Å². The van der Waals surface area contributed by atoms with Crippen LogP contribution in [-0.2, 0) is 0 Å². The topological polar surface area (TPSA) is 66.6 Å². The molecule has 2 rings (SSSR count). The van der Waals surface area contributed by atoms with Gasteiger partial charge in [-0.1, -0.05) is 28.9 Å². The summed E-state index contributed by atoms with van der Waals surface area (Å²) in [7, 11) is 0. The maximum absolute atomic E-state index is 12.5. The van der Waals surface area contributed by atoms with Crippen molar-refractivity contribution in [2.24, 2.45) is 0 Å². The molecule has 1 heterocycles. The summed E-state index contributed by atoms with van der Waals surface area (Å²) in [5.74, 6) is -0.183. The molecular weight excluding hydrogens is 304 g/mol. The Morgan fingerprint density at radius 2 is 1.91 bits per heavy atom. The Morgan fingerprint density at radius 1 is 1.32 bits per heavy atom. The first-order valence-corrected chi connectivity index (χ1v) is 7.60. The Balaban J connectivity index is 2.50. The molecule has 0 spiro atoms. The molecule has 0 bridgehead atoms. The Bertz CT molecular complexity index is 646. The van der Waals surface area contributed by atoms with Gasteiger partial charge in [0.05, 0.1) is 11.7 Å². The third-order valence-corrected chi connectivity index (χ3v) is 3.76. The number of hydrogen-bond donors (Lipinski definition) is 1. The van der Waals surface area contributed by atoms with Crippen LogP contribution in [0.2, 0.25) is 5.02 Å². The highest BCUT2D eigenvalue weighted by atomic mass is 35.5. The molecule has 2 aromatic rings. The molecule has 0 aliphatic carbocycles. The molecule has 0 aliphatic heterocycles. The normalized spacial score (nSPS) is 12.2. The first-order valence-electron chi connectivity index (χ1n) is 7.22. The van der Waals surface area contributed by atoms with Crippen LogP contribution in [0, 0.1) is 0 Å². The average molecular weight is 323 g/mol. The van der Waals surface area contributed by atoms with Crippen molar-refractivity contribution in [3.8, 4) is 11.3 Å². The van der Waals surface area contributed by atoms with Crippen LogP contribution in [0.3, 0.4) is 0 Å². The van der Waals surface area contributed by atoms with E-state index in [1.165, 1.54) is 0 Å². The number of hydrogen-bond acceptors (Lipinski definition) is 4. The van der Waals surface area contributed by atoms with Crippen molar-refractivity contribution in [1.29, 1.82) is 0 Å². The molecule has 0 unspecified atom stereocenters. The maximum atomic E-state index is 12.5. The highest BCUT2D eigenvalue weighted by Gasteiger charge is 2.28. The molecule has 0 saturated carbocycles. The van der Waals surface area contributed by atoms with E-state index in [0.717, 1.165) is 5.56 Å². The second-order valence-electron chi connectivity index (χ2n) is 4.93. The van der Waals surface area contributed by atoms with E-state index in [9.17, 15) is 9.90 Å². The third-order valence-electron chi connectivity index (χ3n) is 3.51. The summed E-state index contributed by atoms with van der Waals surface area (Å²) in [6.45, 7) is 6.49. The first-order chi connectivity index (χ1) is 10.5. The van der Waals surface area contributed by atoms with Crippen LogP contribution in [0.15, 0.2) is 28.8 Å². The standard InChI is InChI=1S/C16H19ClN2O3/c1-4-19(5-2)16(21)15-13(10(3)20)14(18-22-15)11-6-8-12(17)9-7-11/h6-10,20H,4-5H2,1-3H3/t10-/m0/s1. The van der Waals surface area contributed by atoms with Crippen LogP contribution in [0.4, 0.5) is 0 Å². The van der Waals surface area contributed by atoms with E-state index in [1.807, 2.05) is 13.8 Å². The highest BCUT2D eigenvalue weighted by molar-refractivity contribution is 6.30. The Kier molecular flexibility index (Phi) is 5.21. The summed E-state index contributed by atoms with van der Waals surface area (Å²) in [6, 6.07) is 7.00. The zero-order chi connectivity index (χ0) is 16.3. The van der Waals surface area contributed by atoms with Crippen molar-refractivity contribution >= 4 is 17.5 Å². The Labute approximate surface area is 134 Å². The van der Waals surface area contributed by atoms with Gasteiger partial charge in [-0.15, -0.1) is 0 Å². The molecule has 5 nitrogen and oxygen atoms in total. The number of carbonyl (C=O) groups is 1. The number of halogens is 1. The number of aliphatic hydroxyl groups is 1. The monoisotopic (exact) mass is 322 g/mol. The van der Waals surface area contributed by atoms with Crippen LogP contribution in [0.5, 0.6) is 0 Å². The van der Waals surface area contributed by atoms with Gasteiger partial charge in [0.1, 0.15) is 5.69 Å². The fraction of sp³-hybridized carbons (Fsp3) is 0.375. The molecule has 0 fully saturated rings. The van der Waals surface area contributed by atoms with Gasteiger partial charge >= 0.3 is 0 Å². The van der Waals surface area contributed by atoms with Crippen LogP contribution < -0.4 is 0 Å². The number of aromatic nitrogens is 1. The largest absolute Gasteiger partial charge is 0.388 e. The van der Waals surface area contributed by atoms with E-state index < -0.39 is 6.10 Å². The van der Waals surface area contributed by atoms with Gasteiger partial charge in [-0.2, -0.15) is 0 Å². The lowest BCUT2D eigenvalue weighted by Gasteiger charge is -2.17. The molecule has 22 heavy (non-hydrogen) atoms. The predicted molar refractivity (Wildman–Crippen MR) is 84.8 cm³/mol. The summed E-state index contributed by atoms with van der Waals surface area (Å²) < 4.78 is 5.25. The second kappa shape index (κ2) is 6.94. The maximum Gasteiger partial charge on any atom is 0.292 e. The summed E-state index contributed by atoms with van der Waals surface area (Å²) in [6.07, 6.45) is -0.869. The molecule has 0 saturated heterocycles. The number of nitrogens with zero attached hydrogens (tertiary/aromatic N) is 2. The summed E-state index contributed by atoms with van der Waals surface area (Å²) in [5, 5.41) is 14.7. The molecule has 1 amide bonds. The van der Waals surface area contributed by atoms with Crippen molar-refractivity contribution < 1.29 is 14.4 Å². The molecule has 1 aromatic carbocycles. The molecule has 1 atom stereocenters. The van der Waals surface area contributed by atoms with E-state index in [1.54, 1.807) is 36.1 Å². The fourth-order valence-electron chi connectivity index (χ4n) is 2.31. The van der Waals surface area contributed by atoms with Crippen molar-refractivity contribution in [2.45, 2.75) is 26.9 Å². The Morgan fingerprint density at radius 3 is 2.41 bits per heavy atom. The molecule has 1 aromatic heterocycles. The number of carbonyl (C=O) groups excluding carboxylic acids is 1. The van der Waals surface area contributed by atoms with Crippen LogP contribution in [0.25, 0.3) is 11.3 Å². The van der Waals surface area contributed by atoms with Crippen molar-refractivity contribution in [3.63, 3.8) is 0 Å². The average Bonchev–Trinajstić information content (AvgIpc) is 2.94. The zero-order valence-corrected chi connectivity index (χ0v) is 13.6. The molecule has 1 N–H and O–H groups in total. The quantitative estimate of drug-likeness (QED) is 0.914. The molecule has 118 valence electrons. The molecule has 6 heteroatoms. The van der Waals surface area contributed by atoms with Gasteiger partial charge < -0.3 is 14.5 Å². The van der Waals surface area contributed by atoms with E-state index in [2.05, 4.69) is 5.16 Å². The second-order valence-corrected chi connectivity index (χ2v) is 5.37. The highest BCUT2D eigenvalue weighted by Crippen LogP contribution is 2.31. The first kappa shape index (κ1) is 16.5. The summed E-state index contributed by atoms with van der Waals surface area (Å²) in [5.41, 5.74) is 1.60. The molecule has 0 radical (unpaired) electrons. The summed E-state index contributed by atoms with van der Waals surface area (Å²) in [4.78, 5) is 14.1. The van der Waals surface area contributed by atoms with E-state index in [-0.39, 0.29) is 11.7 Å². The lowest BCUT2D eigenvalue weighted by Crippen LogP contribution is -2.31. The van der Waals surface area contributed by atoms with Gasteiger partial charge in [0.15, 0.2) is 0 Å².